The smallest absolute Gasteiger partial charge is 0.335 e. The summed E-state index contributed by atoms with van der Waals surface area (Å²) in [6.07, 6.45) is 0.412. The molecule has 1 aromatic rings. The van der Waals surface area contributed by atoms with Gasteiger partial charge in [-0.15, -0.1) is 0 Å². The van der Waals surface area contributed by atoms with Gasteiger partial charge in [0, 0.05) is 19.6 Å². The Bertz CT molecular complexity index is 519. The quantitative estimate of drug-likeness (QED) is 0.449. The number of amides is 4. The third-order valence-corrected chi connectivity index (χ3v) is 2.64. The average molecular weight is 294 g/mol. The number of aromatic carboxylic acids is 1. The number of carbonyl (C=O) groups is 3. The number of hydrogen-bond donors (Lipinski definition) is 5. The highest BCUT2D eigenvalue weighted by molar-refractivity contribution is 5.89. The maximum atomic E-state index is 11.4. The number of primary amides is 1. The lowest BCUT2D eigenvalue weighted by Crippen LogP contribution is -2.41. The van der Waals surface area contributed by atoms with Gasteiger partial charge in [-0.1, -0.05) is 18.2 Å². The van der Waals surface area contributed by atoms with Crippen molar-refractivity contribution >= 4 is 18.0 Å². The predicted molar refractivity (Wildman–Crippen MR) is 76.1 cm³/mol. The van der Waals surface area contributed by atoms with Gasteiger partial charge in [-0.05, 0) is 18.1 Å². The van der Waals surface area contributed by atoms with Gasteiger partial charge < -0.3 is 26.8 Å². The summed E-state index contributed by atoms with van der Waals surface area (Å²) in [6.45, 7) is 0.796. The van der Waals surface area contributed by atoms with Crippen LogP contribution in [-0.2, 0) is 6.42 Å². The number of rotatable bonds is 7. The molecule has 0 spiro atoms. The SMILES string of the molecule is NC(=O)NCCNC(=O)NCCc1ccccc1C(=O)O. The largest absolute Gasteiger partial charge is 0.478 e. The molecular formula is C13H18N4O4. The van der Waals surface area contributed by atoms with Crippen molar-refractivity contribution in [3.63, 3.8) is 0 Å². The number of urea groups is 2. The molecule has 6 N–H and O–H groups in total. The van der Waals surface area contributed by atoms with E-state index in [9.17, 15) is 14.4 Å². The highest BCUT2D eigenvalue weighted by Crippen LogP contribution is 2.08. The van der Waals surface area contributed by atoms with E-state index in [2.05, 4.69) is 16.0 Å². The van der Waals surface area contributed by atoms with E-state index in [1.807, 2.05) is 0 Å². The first-order valence-corrected chi connectivity index (χ1v) is 6.37. The number of nitrogens with two attached hydrogens (primary N) is 1. The lowest BCUT2D eigenvalue weighted by molar-refractivity contribution is 0.0695. The third-order valence-electron chi connectivity index (χ3n) is 2.64. The monoisotopic (exact) mass is 294 g/mol. The fourth-order valence-electron chi connectivity index (χ4n) is 1.68. The van der Waals surface area contributed by atoms with Crippen LogP contribution < -0.4 is 21.7 Å². The number of nitrogens with one attached hydrogen (secondary N) is 3. The van der Waals surface area contributed by atoms with Crippen molar-refractivity contribution < 1.29 is 19.5 Å². The highest BCUT2D eigenvalue weighted by Gasteiger charge is 2.08. The molecule has 0 bridgehead atoms. The Labute approximate surface area is 121 Å². The van der Waals surface area contributed by atoms with E-state index in [0.29, 0.717) is 18.5 Å². The summed E-state index contributed by atoms with van der Waals surface area (Å²) in [5.74, 6) is -0.993. The second-order valence-electron chi connectivity index (χ2n) is 4.19. The molecule has 0 radical (unpaired) electrons. The first-order valence-electron chi connectivity index (χ1n) is 6.37. The maximum absolute atomic E-state index is 11.4. The molecule has 1 rings (SSSR count). The van der Waals surface area contributed by atoms with Gasteiger partial charge in [-0.2, -0.15) is 0 Å². The number of hydrogen-bond acceptors (Lipinski definition) is 3. The molecule has 0 aliphatic heterocycles. The molecule has 4 amide bonds. The summed E-state index contributed by atoms with van der Waals surface area (Å²) in [5, 5.41) is 16.5. The van der Waals surface area contributed by atoms with Crippen molar-refractivity contribution in [2.24, 2.45) is 5.73 Å². The summed E-state index contributed by atoms with van der Waals surface area (Å²) >= 11 is 0. The topological polar surface area (TPSA) is 134 Å². The predicted octanol–water partition coefficient (Wildman–Crippen LogP) is -0.105. The van der Waals surface area contributed by atoms with Crippen LogP contribution in [0, 0.1) is 0 Å². The highest BCUT2D eigenvalue weighted by atomic mass is 16.4. The Morgan fingerprint density at radius 3 is 2.29 bits per heavy atom. The number of carbonyl (C=O) groups excluding carboxylic acids is 2. The second kappa shape index (κ2) is 8.41. The van der Waals surface area contributed by atoms with Crippen LogP contribution in [0.1, 0.15) is 15.9 Å². The molecule has 0 unspecified atom stereocenters. The van der Waals surface area contributed by atoms with E-state index in [1.165, 1.54) is 6.07 Å². The molecule has 21 heavy (non-hydrogen) atoms. The fraction of sp³-hybridized carbons (Fsp3) is 0.308. The van der Waals surface area contributed by atoms with Crippen molar-refractivity contribution in [2.45, 2.75) is 6.42 Å². The van der Waals surface area contributed by atoms with Crippen molar-refractivity contribution in [2.75, 3.05) is 19.6 Å². The first kappa shape index (κ1) is 16.3. The van der Waals surface area contributed by atoms with Crippen molar-refractivity contribution in [1.82, 2.24) is 16.0 Å². The van der Waals surface area contributed by atoms with Crippen LogP contribution >= 0.6 is 0 Å². The molecule has 0 aliphatic carbocycles. The Morgan fingerprint density at radius 2 is 1.62 bits per heavy atom. The minimum absolute atomic E-state index is 0.227. The summed E-state index contributed by atoms with van der Waals surface area (Å²) in [7, 11) is 0. The molecule has 0 saturated heterocycles. The van der Waals surface area contributed by atoms with Gasteiger partial charge in [0.15, 0.2) is 0 Å². The molecule has 8 heteroatoms. The maximum Gasteiger partial charge on any atom is 0.335 e. The minimum atomic E-state index is -0.993. The van der Waals surface area contributed by atoms with E-state index in [4.69, 9.17) is 10.8 Å². The van der Waals surface area contributed by atoms with Crippen molar-refractivity contribution in [1.29, 1.82) is 0 Å². The minimum Gasteiger partial charge on any atom is -0.478 e. The van der Waals surface area contributed by atoms with Crippen molar-refractivity contribution in [3.8, 4) is 0 Å². The van der Waals surface area contributed by atoms with Crippen LogP contribution in [-0.4, -0.2) is 42.8 Å². The van der Waals surface area contributed by atoms with Gasteiger partial charge in [-0.3, -0.25) is 0 Å². The fourth-order valence-corrected chi connectivity index (χ4v) is 1.68. The van der Waals surface area contributed by atoms with Gasteiger partial charge in [0.2, 0.25) is 0 Å². The Balaban J connectivity index is 2.29. The molecular weight excluding hydrogens is 276 g/mol. The summed E-state index contributed by atoms with van der Waals surface area (Å²) < 4.78 is 0. The van der Waals surface area contributed by atoms with Gasteiger partial charge in [-0.25, -0.2) is 14.4 Å². The lowest BCUT2D eigenvalue weighted by Gasteiger charge is -2.09. The standard InChI is InChI=1S/C13H18N4O4/c14-12(20)15-7-8-17-13(21)16-6-5-9-3-1-2-4-10(9)11(18)19/h1-4H,5-8H2,(H,18,19)(H3,14,15,20)(H2,16,17,21). The Kier molecular flexibility index (Phi) is 6.52. The van der Waals surface area contributed by atoms with E-state index in [-0.39, 0.29) is 18.7 Å². The zero-order valence-corrected chi connectivity index (χ0v) is 11.4. The summed E-state index contributed by atoms with van der Waals surface area (Å²) in [6, 6.07) is 5.58. The van der Waals surface area contributed by atoms with Gasteiger partial charge in [0.1, 0.15) is 0 Å². The molecule has 8 nitrogen and oxygen atoms in total. The normalized spacial score (nSPS) is 9.71. The second-order valence-corrected chi connectivity index (χ2v) is 4.19. The number of benzene rings is 1. The zero-order valence-electron chi connectivity index (χ0n) is 11.4. The molecule has 0 aliphatic rings. The molecule has 1 aromatic carbocycles. The first-order chi connectivity index (χ1) is 10.0. The van der Waals surface area contributed by atoms with Crippen LogP contribution in [0.2, 0.25) is 0 Å². The van der Waals surface area contributed by atoms with Crippen LogP contribution in [0.3, 0.4) is 0 Å². The molecule has 0 atom stereocenters. The van der Waals surface area contributed by atoms with Crippen LogP contribution in [0.15, 0.2) is 24.3 Å². The molecule has 0 aromatic heterocycles. The average Bonchev–Trinajstić information content (AvgIpc) is 2.44. The Hall–Kier alpha value is -2.77. The Morgan fingerprint density at radius 1 is 1.00 bits per heavy atom. The molecule has 114 valence electrons. The van der Waals surface area contributed by atoms with E-state index >= 15 is 0 Å². The number of carboxylic acids is 1. The van der Waals surface area contributed by atoms with Gasteiger partial charge >= 0.3 is 18.0 Å². The van der Waals surface area contributed by atoms with Crippen molar-refractivity contribution in [3.05, 3.63) is 35.4 Å². The number of carboxylic acid groups (broad SMARTS) is 1. The van der Waals surface area contributed by atoms with Crippen LogP contribution in [0.4, 0.5) is 9.59 Å². The van der Waals surface area contributed by atoms with E-state index in [0.717, 1.165) is 0 Å². The summed E-state index contributed by atoms with van der Waals surface area (Å²) in [5.41, 5.74) is 5.75. The van der Waals surface area contributed by atoms with E-state index in [1.54, 1.807) is 18.2 Å². The van der Waals surface area contributed by atoms with Crippen LogP contribution in [0.25, 0.3) is 0 Å². The zero-order chi connectivity index (χ0) is 15.7. The molecule has 0 heterocycles. The molecule has 0 saturated carbocycles. The van der Waals surface area contributed by atoms with Crippen LogP contribution in [0.5, 0.6) is 0 Å². The van der Waals surface area contributed by atoms with Gasteiger partial charge in [0.05, 0.1) is 5.56 Å². The lowest BCUT2D eigenvalue weighted by atomic mass is 10.0. The summed E-state index contributed by atoms with van der Waals surface area (Å²) in [4.78, 5) is 32.8. The third kappa shape index (κ3) is 6.28. The van der Waals surface area contributed by atoms with Gasteiger partial charge in [0.25, 0.3) is 0 Å². The molecule has 0 fully saturated rings. The van der Waals surface area contributed by atoms with E-state index < -0.39 is 18.0 Å².